The lowest BCUT2D eigenvalue weighted by atomic mass is 9.79. The SMILES string of the molecule is c1ccc2c(c1)NC1=C3C2=NCCC[C@H]3c2ccccc2N1. The van der Waals surface area contributed by atoms with E-state index < -0.39 is 0 Å². The van der Waals surface area contributed by atoms with Gasteiger partial charge in [0.2, 0.25) is 0 Å². The lowest BCUT2D eigenvalue weighted by Crippen LogP contribution is -2.30. The zero-order valence-electron chi connectivity index (χ0n) is 12.3. The number of rotatable bonds is 0. The Balaban J connectivity index is 1.76. The maximum absolute atomic E-state index is 4.92. The first-order valence-corrected chi connectivity index (χ1v) is 7.93. The number of nitrogens with zero attached hydrogens (tertiary/aromatic N) is 1. The third-order valence-electron chi connectivity index (χ3n) is 4.83. The smallest absolute Gasteiger partial charge is 0.114 e. The Bertz CT molecular complexity index is 828. The number of hydrogen-bond donors (Lipinski definition) is 2. The molecule has 0 saturated carbocycles. The van der Waals surface area contributed by atoms with E-state index in [1.807, 2.05) is 0 Å². The molecule has 2 N–H and O–H groups in total. The van der Waals surface area contributed by atoms with Gasteiger partial charge >= 0.3 is 0 Å². The first-order valence-electron chi connectivity index (χ1n) is 7.93. The average Bonchev–Trinajstić information content (AvgIpc) is 2.79. The summed E-state index contributed by atoms with van der Waals surface area (Å²) in [6.45, 7) is 0.916. The van der Waals surface area contributed by atoms with E-state index in [0.717, 1.165) is 30.9 Å². The number of para-hydroxylation sites is 2. The van der Waals surface area contributed by atoms with Crippen LogP contribution in [0.15, 0.2) is 64.9 Å². The van der Waals surface area contributed by atoms with Crippen LogP contribution >= 0.6 is 0 Å². The fourth-order valence-corrected chi connectivity index (χ4v) is 3.86. The van der Waals surface area contributed by atoms with Crippen molar-refractivity contribution in [2.45, 2.75) is 18.8 Å². The number of anilines is 2. The van der Waals surface area contributed by atoms with Gasteiger partial charge in [0.25, 0.3) is 0 Å². The molecule has 3 heterocycles. The van der Waals surface area contributed by atoms with Crippen LogP contribution in [0.5, 0.6) is 0 Å². The number of hydrogen-bond acceptors (Lipinski definition) is 3. The zero-order valence-corrected chi connectivity index (χ0v) is 12.3. The molecule has 0 bridgehead atoms. The summed E-state index contributed by atoms with van der Waals surface area (Å²) in [7, 11) is 0. The first kappa shape index (κ1) is 12.0. The van der Waals surface area contributed by atoms with E-state index in [0.29, 0.717) is 5.92 Å². The van der Waals surface area contributed by atoms with Crippen LogP contribution in [0.4, 0.5) is 11.4 Å². The molecule has 0 radical (unpaired) electrons. The highest BCUT2D eigenvalue weighted by molar-refractivity contribution is 6.19. The Kier molecular flexibility index (Phi) is 2.45. The molecular weight excluding hydrogens is 270 g/mol. The maximum Gasteiger partial charge on any atom is 0.114 e. The molecule has 1 atom stereocenters. The third-order valence-corrected chi connectivity index (χ3v) is 4.83. The highest BCUT2D eigenvalue weighted by Crippen LogP contribution is 2.45. The highest BCUT2D eigenvalue weighted by Gasteiger charge is 2.35. The van der Waals surface area contributed by atoms with Gasteiger partial charge in [-0.2, -0.15) is 0 Å². The van der Waals surface area contributed by atoms with E-state index in [4.69, 9.17) is 4.99 Å². The second kappa shape index (κ2) is 4.47. The molecule has 22 heavy (non-hydrogen) atoms. The molecule has 108 valence electrons. The summed E-state index contributed by atoms with van der Waals surface area (Å²) >= 11 is 0. The number of benzene rings is 2. The number of allylic oxidation sites excluding steroid dienone is 1. The molecule has 3 aliphatic rings. The van der Waals surface area contributed by atoms with Crippen molar-refractivity contribution in [3.8, 4) is 0 Å². The quantitative estimate of drug-likeness (QED) is 0.765. The summed E-state index contributed by atoms with van der Waals surface area (Å²) < 4.78 is 0. The van der Waals surface area contributed by atoms with Crippen molar-refractivity contribution in [2.24, 2.45) is 4.99 Å². The molecule has 3 heteroatoms. The predicted octanol–water partition coefficient (Wildman–Crippen LogP) is 4.12. The second-order valence-electron chi connectivity index (χ2n) is 6.10. The molecule has 5 rings (SSSR count). The lowest BCUT2D eigenvalue weighted by Gasteiger charge is -2.35. The van der Waals surface area contributed by atoms with Crippen LogP contribution in [0.25, 0.3) is 0 Å². The first-order chi connectivity index (χ1) is 10.9. The minimum atomic E-state index is 0.439. The van der Waals surface area contributed by atoms with Crippen LogP contribution in [0.2, 0.25) is 0 Å². The minimum Gasteiger partial charge on any atom is -0.341 e. The fourth-order valence-electron chi connectivity index (χ4n) is 3.86. The Morgan fingerprint density at radius 3 is 2.64 bits per heavy atom. The van der Waals surface area contributed by atoms with Gasteiger partial charge in [0, 0.05) is 35.0 Å². The van der Waals surface area contributed by atoms with E-state index in [9.17, 15) is 0 Å². The van der Waals surface area contributed by atoms with Crippen LogP contribution in [0.3, 0.4) is 0 Å². The number of nitrogens with one attached hydrogen (secondary N) is 2. The molecule has 0 spiro atoms. The molecule has 0 fully saturated rings. The van der Waals surface area contributed by atoms with Crippen LogP contribution in [-0.4, -0.2) is 12.3 Å². The summed E-state index contributed by atoms with van der Waals surface area (Å²) in [6.07, 6.45) is 2.30. The van der Waals surface area contributed by atoms with E-state index in [2.05, 4.69) is 59.2 Å². The molecule has 0 aromatic heterocycles. The zero-order chi connectivity index (χ0) is 14.5. The van der Waals surface area contributed by atoms with Crippen molar-refractivity contribution in [2.75, 3.05) is 17.2 Å². The fraction of sp³-hybridized carbons (Fsp3) is 0.211. The Morgan fingerprint density at radius 1 is 0.909 bits per heavy atom. The maximum atomic E-state index is 4.92. The van der Waals surface area contributed by atoms with E-state index in [-0.39, 0.29) is 0 Å². The summed E-state index contributed by atoms with van der Waals surface area (Å²) in [5.41, 5.74) is 7.52. The summed E-state index contributed by atoms with van der Waals surface area (Å²) in [5, 5.41) is 7.17. The number of fused-ring (bicyclic) bond motifs is 4. The van der Waals surface area contributed by atoms with Crippen LogP contribution in [0, 0.1) is 0 Å². The lowest BCUT2D eigenvalue weighted by molar-refractivity contribution is 0.682. The molecule has 2 aromatic carbocycles. The van der Waals surface area contributed by atoms with Gasteiger partial charge in [-0.1, -0.05) is 36.4 Å². The molecular formula is C19H17N3. The van der Waals surface area contributed by atoms with Crippen LogP contribution < -0.4 is 10.6 Å². The van der Waals surface area contributed by atoms with E-state index in [1.165, 1.54) is 28.1 Å². The normalized spacial score (nSPS) is 21.5. The largest absolute Gasteiger partial charge is 0.341 e. The topological polar surface area (TPSA) is 36.4 Å². The van der Waals surface area contributed by atoms with Gasteiger partial charge < -0.3 is 10.6 Å². The monoisotopic (exact) mass is 287 g/mol. The van der Waals surface area contributed by atoms with Gasteiger partial charge in [0.15, 0.2) is 0 Å². The van der Waals surface area contributed by atoms with Crippen LogP contribution in [0.1, 0.15) is 29.9 Å². The molecule has 0 unspecified atom stereocenters. The number of aliphatic imine (C=N–C) groups is 1. The molecule has 0 amide bonds. The molecule has 3 nitrogen and oxygen atoms in total. The van der Waals surface area contributed by atoms with Crippen molar-refractivity contribution in [3.05, 3.63) is 71.1 Å². The van der Waals surface area contributed by atoms with Crippen LogP contribution in [-0.2, 0) is 0 Å². The van der Waals surface area contributed by atoms with Crippen molar-refractivity contribution < 1.29 is 0 Å². The van der Waals surface area contributed by atoms with Gasteiger partial charge in [0.05, 0.1) is 5.71 Å². The average molecular weight is 287 g/mol. The molecule has 2 aromatic rings. The van der Waals surface area contributed by atoms with Gasteiger partial charge in [-0.15, -0.1) is 0 Å². The third kappa shape index (κ3) is 1.59. The summed E-state index contributed by atoms with van der Waals surface area (Å²) in [6, 6.07) is 17.1. The molecule has 0 saturated heterocycles. The Hall–Kier alpha value is -2.55. The van der Waals surface area contributed by atoms with Crippen molar-refractivity contribution in [1.82, 2.24) is 0 Å². The molecule has 0 aliphatic carbocycles. The predicted molar refractivity (Wildman–Crippen MR) is 90.5 cm³/mol. The van der Waals surface area contributed by atoms with Gasteiger partial charge in [0.1, 0.15) is 5.82 Å². The van der Waals surface area contributed by atoms with E-state index in [1.54, 1.807) is 0 Å². The summed E-state index contributed by atoms with van der Waals surface area (Å²) in [4.78, 5) is 4.92. The molecule has 3 aliphatic heterocycles. The standard InChI is InChI=1S/C19H17N3/c1-3-9-15-12(6-1)13-8-5-11-20-18-14-7-2-4-10-16(14)22-19(21-15)17(13)18/h1-4,6-7,9-10,13,21-22H,5,8,11H2/t13-/m0/s1. The highest BCUT2D eigenvalue weighted by atomic mass is 15.1. The summed E-state index contributed by atoms with van der Waals surface area (Å²) in [5.74, 6) is 1.55. The van der Waals surface area contributed by atoms with Crippen molar-refractivity contribution in [3.63, 3.8) is 0 Å². The van der Waals surface area contributed by atoms with Crippen molar-refractivity contribution >= 4 is 17.1 Å². The van der Waals surface area contributed by atoms with Gasteiger partial charge in [-0.3, -0.25) is 4.99 Å². The van der Waals surface area contributed by atoms with Crippen molar-refractivity contribution in [1.29, 1.82) is 0 Å². The minimum absolute atomic E-state index is 0.439. The Labute approximate surface area is 129 Å². The Morgan fingerprint density at radius 2 is 1.68 bits per heavy atom. The van der Waals surface area contributed by atoms with Gasteiger partial charge in [-0.25, -0.2) is 0 Å². The van der Waals surface area contributed by atoms with E-state index >= 15 is 0 Å². The second-order valence-corrected chi connectivity index (χ2v) is 6.10. The van der Waals surface area contributed by atoms with Gasteiger partial charge in [-0.05, 0) is 30.5 Å².